The van der Waals surface area contributed by atoms with Gasteiger partial charge < -0.3 is 0 Å². The first-order chi connectivity index (χ1) is 27.7. The Hall–Kier alpha value is -5.88. The molecule has 4 aliphatic carbocycles. The lowest BCUT2D eigenvalue weighted by atomic mass is 9.71. The molecule has 0 aromatic heterocycles. The second-order valence-corrected chi connectivity index (χ2v) is 17.4. The standard InChI is InChI=1S/C51H46N2O4/c1-3-32-5-9-34(10-6-32)21-25-50-27-23-38(30-50)42-44(50)48(56)52(46(42)54)40-17-13-36(14-18-40)29-37-15-19-41(20-16-37)53-47(55)43-39-24-28-51(31-39,45(43)49(53)57)26-22-35-11-7-33(4-2)8-12-35/h3-20,23-24,27-28,38-39,42-45H,1-2,21-22,25-26,29-31H2. The number of carbonyl (C=O) groups is 4. The first kappa shape index (κ1) is 35.5. The van der Waals surface area contributed by atoms with Crippen molar-refractivity contribution in [3.8, 4) is 0 Å². The summed E-state index contributed by atoms with van der Waals surface area (Å²) in [7, 11) is 0. The summed E-state index contributed by atoms with van der Waals surface area (Å²) >= 11 is 0. The molecule has 2 aliphatic heterocycles. The normalized spacial score (nSPS) is 30.2. The van der Waals surface area contributed by atoms with E-state index in [4.69, 9.17) is 0 Å². The molecule has 4 bridgehead atoms. The Kier molecular flexibility index (Phi) is 8.33. The van der Waals surface area contributed by atoms with Gasteiger partial charge >= 0.3 is 0 Å². The third-order valence-corrected chi connectivity index (χ3v) is 14.4. The molecule has 0 N–H and O–H groups in total. The molecule has 4 aromatic rings. The third-order valence-electron chi connectivity index (χ3n) is 14.4. The number of hydrogen-bond acceptors (Lipinski definition) is 4. The van der Waals surface area contributed by atoms with Crippen molar-refractivity contribution in [2.45, 2.75) is 44.9 Å². The Labute approximate surface area is 334 Å². The number of hydrogen-bond donors (Lipinski definition) is 0. The highest BCUT2D eigenvalue weighted by molar-refractivity contribution is 6.24. The van der Waals surface area contributed by atoms with Gasteiger partial charge in [0, 0.05) is 10.8 Å². The van der Waals surface area contributed by atoms with Crippen LogP contribution in [0.5, 0.6) is 0 Å². The molecule has 6 aliphatic rings. The number of anilines is 2. The Bertz CT molecular complexity index is 2220. The predicted octanol–water partition coefficient (Wildman–Crippen LogP) is 9.19. The van der Waals surface area contributed by atoms with Gasteiger partial charge in [-0.2, -0.15) is 0 Å². The molecule has 2 saturated carbocycles. The van der Waals surface area contributed by atoms with Gasteiger partial charge in [-0.1, -0.05) is 122 Å². The average molecular weight is 751 g/mol. The first-order valence-electron chi connectivity index (χ1n) is 20.5. The first-order valence-corrected chi connectivity index (χ1v) is 20.5. The predicted molar refractivity (Wildman–Crippen MR) is 224 cm³/mol. The van der Waals surface area contributed by atoms with E-state index in [2.05, 4.69) is 86.0 Å². The number of aryl methyl sites for hydroxylation is 2. The van der Waals surface area contributed by atoms with E-state index in [9.17, 15) is 19.2 Å². The van der Waals surface area contributed by atoms with Crippen LogP contribution in [0, 0.1) is 46.3 Å². The molecule has 10 rings (SSSR count). The summed E-state index contributed by atoms with van der Waals surface area (Å²) in [6.45, 7) is 7.69. The van der Waals surface area contributed by atoms with Crippen LogP contribution in [0.3, 0.4) is 0 Å². The second kappa shape index (κ2) is 13.4. The fraction of sp³-hybridized carbons (Fsp3) is 0.294. The Balaban J connectivity index is 0.796. The fourth-order valence-corrected chi connectivity index (χ4v) is 11.5. The highest BCUT2D eigenvalue weighted by atomic mass is 16.2. The maximum absolute atomic E-state index is 14.1. The molecule has 2 heterocycles. The topological polar surface area (TPSA) is 74.8 Å². The highest BCUT2D eigenvalue weighted by Gasteiger charge is 2.67. The zero-order valence-corrected chi connectivity index (χ0v) is 32.1. The number of nitrogens with zero attached hydrogens (tertiary/aromatic N) is 2. The van der Waals surface area contributed by atoms with Crippen molar-refractivity contribution in [1.82, 2.24) is 0 Å². The van der Waals surface area contributed by atoms with Gasteiger partial charge in [-0.05, 0) is 114 Å². The highest BCUT2D eigenvalue weighted by Crippen LogP contribution is 2.63. The summed E-state index contributed by atoms with van der Waals surface area (Å²) in [5.41, 5.74) is 7.36. The van der Waals surface area contributed by atoms with E-state index in [0.29, 0.717) is 17.8 Å². The lowest BCUT2D eigenvalue weighted by Crippen LogP contribution is -2.36. The van der Waals surface area contributed by atoms with Crippen LogP contribution in [-0.2, 0) is 38.4 Å². The molecule has 57 heavy (non-hydrogen) atoms. The van der Waals surface area contributed by atoms with E-state index >= 15 is 0 Å². The number of amides is 4. The zero-order chi connectivity index (χ0) is 39.1. The van der Waals surface area contributed by atoms with Crippen LogP contribution in [0.15, 0.2) is 135 Å². The van der Waals surface area contributed by atoms with Crippen molar-refractivity contribution in [2.24, 2.45) is 46.3 Å². The minimum atomic E-state index is -0.322. The Morgan fingerprint density at radius 2 is 0.877 bits per heavy atom. The van der Waals surface area contributed by atoms with E-state index in [-0.39, 0.29) is 70.0 Å². The van der Waals surface area contributed by atoms with Crippen LogP contribution in [-0.4, -0.2) is 23.6 Å². The van der Waals surface area contributed by atoms with Gasteiger partial charge in [-0.25, -0.2) is 0 Å². The average Bonchev–Trinajstić information content (AvgIpc) is 4.09. The fourth-order valence-electron chi connectivity index (χ4n) is 11.5. The number of imide groups is 2. The van der Waals surface area contributed by atoms with E-state index < -0.39 is 0 Å². The number of carbonyl (C=O) groups excluding carboxylic acids is 4. The molecule has 8 unspecified atom stereocenters. The van der Waals surface area contributed by atoms with Gasteiger partial charge in [0.2, 0.25) is 23.6 Å². The monoisotopic (exact) mass is 750 g/mol. The zero-order valence-electron chi connectivity index (χ0n) is 32.1. The molecule has 4 amide bonds. The van der Waals surface area contributed by atoms with E-state index in [1.807, 2.05) is 60.7 Å². The molecule has 284 valence electrons. The molecule has 6 nitrogen and oxygen atoms in total. The molecular weight excluding hydrogens is 705 g/mol. The summed E-state index contributed by atoms with van der Waals surface area (Å²) in [5.74, 6) is -1.35. The molecule has 4 fully saturated rings. The van der Waals surface area contributed by atoms with Gasteiger partial charge in [-0.3, -0.25) is 29.0 Å². The molecule has 8 atom stereocenters. The summed E-state index contributed by atoms with van der Waals surface area (Å²) in [6, 6.07) is 32.3. The van der Waals surface area contributed by atoms with Crippen LogP contribution in [0.25, 0.3) is 12.2 Å². The quantitative estimate of drug-likeness (QED) is 0.107. The SMILES string of the molecule is C=Cc1ccc(CCC23C=CC(C2)C2C(=O)N(c4ccc(Cc5ccc(N6C(=O)C7C8C=CC(CCc9ccc(C=C)cc9)(C8)C7C6=O)cc5)cc4)C(=O)C23)cc1. The van der Waals surface area contributed by atoms with E-state index in [1.165, 1.54) is 20.9 Å². The summed E-state index contributed by atoms with van der Waals surface area (Å²) in [5, 5.41) is 0. The summed E-state index contributed by atoms with van der Waals surface area (Å²) in [6.07, 6.45) is 18.2. The number of benzene rings is 4. The van der Waals surface area contributed by atoms with Crippen molar-refractivity contribution in [3.63, 3.8) is 0 Å². The van der Waals surface area contributed by atoms with Crippen molar-refractivity contribution in [3.05, 3.63) is 168 Å². The number of fused-ring (bicyclic) bond motifs is 10. The van der Waals surface area contributed by atoms with Gasteiger partial charge in [-0.15, -0.1) is 0 Å². The van der Waals surface area contributed by atoms with Crippen molar-refractivity contribution >= 4 is 47.2 Å². The van der Waals surface area contributed by atoms with Gasteiger partial charge in [0.25, 0.3) is 0 Å². The third kappa shape index (κ3) is 5.59. The number of rotatable bonds is 12. The molecule has 6 heteroatoms. The minimum absolute atomic E-state index is 0.0782. The molecule has 2 saturated heterocycles. The molecule has 0 radical (unpaired) electrons. The van der Waals surface area contributed by atoms with E-state index in [1.54, 1.807) is 0 Å². The summed E-state index contributed by atoms with van der Waals surface area (Å²) < 4.78 is 0. The van der Waals surface area contributed by atoms with Crippen LogP contribution in [0.2, 0.25) is 0 Å². The number of allylic oxidation sites excluding steroid dienone is 4. The van der Waals surface area contributed by atoms with Gasteiger partial charge in [0.1, 0.15) is 0 Å². The maximum atomic E-state index is 14.1. The minimum Gasteiger partial charge on any atom is -0.274 e. The van der Waals surface area contributed by atoms with Crippen LogP contribution >= 0.6 is 0 Å². The van der Waals surface area contributed by atoms with Gasteiger partial charge in [0.15, 0.2) is 0 Å². The van der Waals surface area contributed by atoms with E-state index in [0.717, 1.165) is 60.8 Å². The second-order valence-electron chi connectivity index (χ2n) is 17.4. The Morgan fingerprint density at radius 3 is 1.25 bits per heavy atom. The molecule has 0 spiro atoms. The van der Waals surface area contributed by atoms with Crippen molar-refractivity contribution in [1.29, 1.82) is 0 Å². The molecular formula is C51H46N2O4. The van der Waals surface area contributed by atoms with Crippen molar-refractivity contribution < 1.29 is 19.2 Å². The van der Waals surface area contributed by atoms with Crippen LogP contribution < -0.4 is 9.80 Å². The Morgan fingerprint density at radius 1 is 0.509 bits per heavy atom. The maximum Gasteiger partial charge on any atom is 0.238 e. The molecule has 4 aromatic carbocycles. The lowest BCUT2D eigenvalue weighted by molar-refractivity contribution is -0.125. The lowest BCUT2D eigenvalue weighted by Gasteiger charge is -2.30. The van der Waals surface area contributed by atoms with Crippen LogP contribution in [0.4, 0.5) is 11.4 Å². The largest absolute Gasteiger partial charge is 0.274 e. The van der Waals surface area contributed by atoms with Crippen molar-refractivity contribution in [2.75, 3.05) is 9.80 Å². The van der Waals surface area contributed by atoms with Gasteiger partial charge in [0.05, 0.1) is 35.0 Å². The smallest absolute Gasteiger partial charge is 0.238 e. The summed E-state index contributed by atoms with van der Waals surface area (Å²) in [4.78, 5) is 58.8. The van der Waals surface area contributed by atoms with Crippen LogP contribution in [0.1, 0.15) is 59.1 Å².